The molecule has 5 rings (SSSR count). The van der Waals surface area contributed by atoms with E-state index in [4.69, 9.17) is 11.6 Å². The first-order valence-electron chi connectivity index (χ1n) is 12.0. The van der Waals surface area contributed by atoms with Crippen molar-refractivity contribution in [3.05, 3.63) is 118 Å². The standard InChI is InChI=1S/C28H28ClN5O2/c1-19-31-32-27(33(19)17-20-12-14-23(29)15-13-20)25-16-24(35)18-34(25)28(36)30-26(21-8-4-2-5-9-21)22-10-6-3-7-11-22/h2-15,24-26,35H,16-18H2,1H3,(H,30,36)/t24-,25-/m1/s1. The van der Waals surface area contributed by atoms with Gasteiger partial charge in [-0.05, 0) is 35.7 Å². The van der Waals surface area contributed by atoms with Gasteiger partial charge in [0.15, 0.2) is 5.82 Å². The lowest BCUT2D eigenvalue weighted by molar-refractivity contribution is 0.167. The zero-order valence-corrected chi connectivity index (χ0v) is 20.7. The molecule has 1 aromatic heterocycles. The number of nitrogens with one attached hydrogen (secondary N) is 1. The smallest absolute Gasteiger partial charge is 0.318 e. The number of urea groups is 1. The molecule has 2 amide bonds. The fourth-order valence-electron chi connectivity index (χ4n) is 4.75. The number of amides is 2. The van der Waals surface area contributed by atoms with E-state index >= 15 is 0 Å². The van der Waals surface area contributed by atoms with Crippen molar-refractivity contribution in [3.63, 3.8) is 0 Å². The number of benzene rings is 3. The zero-order chi connectivity index (χ0) is 25.1. The SMILES string of the molecule is Cc1nnc([C@H]2C[C@@H](O)CN2C(=O)NC(c2ccccc2)c2ccccc2)n1Cc1ccc(Cl)cc1. The third kappa shape index (κ3) is 5.12. The van der Waals surface area contributed by atoms with Crippen LogP contribution in [0.3, 0.4) is 0 Å². The van der Waals surface area contributed by atoms with E-state index in [1.165, 1.54) is 0 Å². The van der Waals surface area contributed by atoms with Crippen molar-refractivity contribution in [1.82, 2.24) is 25.0 Å². The number of hydrogen-bond acceptors (Lipinski definition) is 4. The fraction of sp³-hybridized carbons (Fsp3) is 0.250. The highest BCUT2D eigenvalue weighted by molar-refractivity contribution is 6.30. The average Bonchev–Trinajstić information content (AvgIpc) is 3.46. The molecule has 0 saturated carbocycles. The maximum atomic E-state index is 13.7. The van der Waals surface area contributed by atoms with Crippen molar-refractivity contribution >= 4 is 17.6 Å². The van der Waals surface area contributed by atoms with Crippen LogP contribution in [0.1, 0.15) is 46.8 Å². The number of likely N-dealkylation sites (tertiary alicyclic amines) is 1. The average molecular weight is 502 g/mol. The van der Waals surface area contributed by atoms with Crippen molar-refractivity contribution in [2.75, 3.05) is 6.54 Å². The summed E-state index contributed by atoms with van der Waals surface area (Å²) in [5.74, 6) is 1.40. The second-order valence-electron chi connectivity index (χ2n) is 9.08. The first-order valence-corrected chi connectivity index (χ1v) is 12.4. The molecule has 1 aliphatic rings. The lowest BCUT2D eigenvalue weighted by Crippen LogP contribution is -2.42. The molecule has 8 heteroatoms. The molecule has 0 bridgehead atoms. The van der Waals surface area contributed by atoms with Gasteiger partial charge in [-0.2, -0.15) is 0 Å². The van der Waals surface area contributed by atoms with Gasteiger partial charge in [-0.25, -0.2) is 4.79 Å². The Balaban J connectivity index is 1.42. The maximum absolute atomic E-state index is 13.7. The van der Waals surface area contributed by atoms with Gasteiger partial charge in [0.05, 0.1) is 24.7 Å². The van der Waals surface area contributed by atoms with Crippen LogP contribution in [0.2, 0.25) is 5.02 Å². The number of halogens is 1. The van der Waals surface area contributed by atoms with Crippen LogP contribution in [0, 0.1) is 6.92 Å². The summed E-state index contributed by atoms with van der Waals surface area (Å²) < 4.78 is 2.00. The number of aliphatic hydroxyl groups excluding tert-OH is 1. The van der Waals surface area contributed by atoms with Crippen LogP contribution in [-0.2, 0) is 6.54 Å². The summed E-state index contributed by atoms with van der Waals surface area (Å²) in [7, 11) is 0. The number of aromatic nitrogens is 3. The van der Waals surface area contributed by atoms with E-state index in [9.17, 15) is 9.90 Å². The second kappa shape index (κ2) is 10.5. The minimum absolute atomic E-state index is 0.222. The van der Waals surface area contributed by atoms with Crippen LogP contribution in [0.15, 0.2) is 84.9 Å². The van der Waals surface area contributed by atoms with Crippen molar-refractivity contribution in [1.29, 1.82) is 0 Å². The van der Waals surface area contributed by atoms with Gasteiger partial charge in [0.1, 0.15) is 5.82 Å². The summed E-state index contributed by atoms with van der Waals surface area (Å²) in [6.07, 6.45) is -0.248. The van der Waals surface area contributed by atoms with Gasteiger partial charge in [-0.15, -0.1) is 10.2 Å². The molecular formula is C28H28ClN5O2. The van der Waals surface area contributed by atoms with Crippen LogP contribution in [0.25, 0.3) is 0 Å². The van der Waals surface area contributed by atoms with Gasteiger partial charge in [-0.3, -0.25) is 0 Å². The van der Waals surface area contributed by atoms with Crippen molar-refractivity contribution in [2.45, 2.75) is 38.1 Å². The Kier molecular flexibility index (Phi) is 7.02. The monoisotopic (exact) mass is 501 g/mol. The van der Waals surface area contributed by atoms with Crippen molar-refractivity contribution in [3.8, 4) is 0 Å². The Morgan fingerprint density at radius 1 is 1.00 bits per heavy atom. The van der Waals surface area contributed by atoms with Gasteiger partial charge in [0.2, 0.25) is 0 Å². The molecule has 7 nitrogen and oxygen atoms in total. The van der Waals surface area contributed by atoms with Gasteiger partial charge >= 0.3 is 6.03 Å². The molecule has 1 fully saturated rings. The molecule has 0 aliphatic carbocycles. The quantitative estimate of drug-likeness (QED) is 0.394. The Labute approximate surface area is 215 Å². The summed E-state index contributed by atoms with van der Waals surface area (Å²) in [5, 5.41) is 23.2. The summed E-state index contributed by atoms with van der Waals surface area (Å²) in [6.45, 7) is 2.66. The molecule has 4 aromatic rings. The molecule has 3 aromatic carbocycles. The largest absolute Gasteiger partial charge is 0.391 e. The number of carbonyl (C=O) groups excluding carboxylic acids is 1. The van der Waals surface area contributed by atoms with E-state index in [0.717, 1.165) is 22.5 Å². The molecule has 1 saturated heterocycles. The third-order valence-corrected chi connectivity index (χ3v) is 6.84. The van der Waals surface area contributed by atoms with Crippen LogP contribution < -0.4 is 5.32 Å². The number of rotatable bonds is 6. The van der Waals surface area contributed by atoms with E-state index in [0.29, 0.717) is 23.8 Å². The minimum Gasteiger partial charge on any atom is -0.391 e. The second-order valence-corrected chi connectivity index (χ2v) is 9.52. The maximum Gasteiger partial charge on any atom is 0.318 e. The van der Waals surface area contributed by atoms with Crippen LogP contribution in [0.4, 0.5) is 4.79 Å². The van der Waals surface area contributed by atoms with Gasteiger partial charge in [-0.1, -0.05) is 84.4 Å². The van der Waals surface area contributed by atoms with Crippen molar-refractivity contribution < 1.29 is 9.90 Å². The lowest BCUT2D eigenvalue weighted by atomic mass is 9.99. The summed E-state index contributed by atoms with van der Waals surface area (Å²) in [4.78, 5) is 15.3. The Bertz CT molecular complexity index is 1270. The highest BCUT2D eigenvalue weighted by atomic mass is 35.5. The van der Waals surface area contributed by atoms with Gasteiger partial charge in [0.25, 0.3) is 0 Å². The number of nitrogens with zero attached hydrogens (tertiary/aromatic N) is 4. The van der Waals surface area contributed by atoms with E-state index in [-0.39, 0.29) is 18.6 Å². The van der Waals surface area contributed by atoms with E-state index in [1.54, 1.807) is 4.90 Å². The fourth-order valence-corrected chi connectivity index (χ4v) is 4.88. The van der Waals surface area contributed by atoms with E-state index in [1.807, 2.05) is 96.4 Å². The predicted octanol–water partition coefficient (Wildman–Crippen LogP) is 4.90. The number of hydrogen-bond donors (Lipinski definition) is 2. The molecular weight excluding hydrogens is 474 g/mol. The molecule has 2 N–H and O–H groups in total. The van der Waals surface area contributed by atoms with Gasteiger partial charge in [0, 0.05) is 18.0 Å². The van der Waals surface area contributed by atoms with Gasteiger partial charge < -0.3 is 19.9 Å². The molecule has 2 heterocycles. The number of aryl methyl sites for hydroxylation is 1. The topological polar surface area (TPSA) is 83.3 Å². The Hall–Kier alpha value is -3.68. The molecule has 184 valence electrons. The molecule has 1 aliphatic heterocycles. The van der Waals surface area contributed by atoms with Crippen LogP contribution in [0.5, 0.6) is 0 Å². The molecule has 2 atom stereocenters. The highest BCUT2D eigenvalue weighted by Crippen LogP contribution is 2.33. The summed E-state index contributed by atoms with van der Waals surface area (Å²) in [5.41, 5.74) is 3.01. The molecule has 0 radical (unpaired) electrons. The highest BCUT2D eigenvalue weighted by Gasteiger charge is 2.39. The molecule has 36 heavy (non-hydrogen) atoms. The van der Waals surface area contributed by atoms with Crippen molar-refractivity contribution in [2.24, 2.45) is 0 Å². The molecule has 0 spiro atoms. The van der Waals surface area contributed by atoms with Crippen LogP contribution >= 0.6 is 11.6 Å². The number of β-amino-alcohol motifs (C(OH)–C–C–N with tert-alkyl or cyclic N) is 1. The Morgan fingerprint density at radius 3 is 2.22 bits per heavy atom. The third-order valence-electron chi connectivity index (χ3n) is 6.59. The minimum atomic E-state index is -0.645. The summed E-state index contributed by atoms with van der Waals surface area (Å²) >= 11 is 6.05. The number of aliphatic hydroxyl groups is 1. The first-order chi connectivity index (χ1) is 17.5. The number of carbonyl (C=O) groups is 1. The first kappa shape index (κ1) is 24.0. The normalized spacial score (nSPS) is 17.5. The zero-order valence-electron chi connectivity index (χ0n) is 20.0. The molecule has 0 unspecified atom stereocenters. The Morgan fingerprint density at radius 2 is 1.61 bits per heavy atom. The summed E-state index contributed by atoms with van der Waals surface area (Å²) in [6, 6.07) is 26.4. The predicted molar refractivity (Wildman–Crippen MR) is 139 cm³/mol. The van der Waals surface area contributed by atoms with E-state index in [2.05, 4.69) is 15.5 Å². The van der Waals surface area contributed by atoms with E-state index < -0.39 is 12.1 Å². The van der Waals surface area contributed by atoms with Crippen LogP contribution in [-0.4, -0.2) is 43.5 Å². The lowest BCUT2D eigenvalue weighted by Gasteiger charge is -2.28.